The fourth-order valence-electron chi connectivity index (χ4n) is 1.86. The zero-order chi connectivity index (χ0) is 8.60. The minimum Gasteiger partial charge on any atom is -0.207 e. The molecule has 0 aromatic heterocycles. The van der Waals surface area contributed by atoms with Gasteiger partial charge in [0.2, 0.25) is 0 Å². The molecule has 0 N–H and O–H groups in total. The lowest BCUT2D eigenvalue weighted by molar-refractivity contribution is 0.561. The van der Waals surface area contributed by atoms with Crippen LogP contribution in [0.1, 0.15) is 31.7 Å². The zero-order valence-corrected chi connectivity index (χ0v) is 7.31. The molecule has 0 spiro atoms. The molecular formula is C11H13F. The molecule has 1 fully saturated rings. The molecule has 0 bridgehead atoms. The molecule has 1 aromatic carbocycles. The van der Waals surface area contributed by atoms with E-state index in [1.165, 1.54) is 0 Å². The van der Waals surface area contributed by atoms with Gasteiger partial charge in [-0.1, -0.05) is 25.1 Å². The maximum absolute atomic E-state index is 13.3. The SMILES string of the molecule is CCC1(c2ccccc2F)CC1. The van der Waals surface area contributed by atoms with Crippen LogP contribution in [0.3, 0.4) is 0 Å². The highest BCUT2D eigenvalue weighted by atomic mass is 19.1. The molecule has 2 rings (SSSR count). The largest absolute Gasteiger partial charge is 0.207 e. The third-order valence-electron chi connectivity index (χ3n) is 2.98. The lowest BCUT2D eigenvalue weighted by atomic mass is 9.93. The van der Waals surface area contributed by atoms with Crippen molar-refractivity contribution in [2.75, 3.05) is 0 Å². The average molecular weight is 164 g/mol. The molecule has 1 saturated carbocycles. The standard InChI is InChI=1S/C11H13F/c1-2-11(7-8-11)9-5-3-4-6-10(9)12/h3-6H,2,7-8H2,1H3. The van der Waals surface area contributed by atoms with Gasteiger partial charge >= 0.3 is 0 Å². The molecule has 0 aliphatic heterocycles. The predicted octanol–water partition coefficient (Wildman–Crippen LogP) is 3.27. The first-order valence-corrected chi connectivity index (χ1v) is 4.53. The van der Waals surface area contributed by atoms with Gasteiger partial charge in [-0.05, 0) is 36.3 Å². The van der Waals surface area contributed by atoms with E-state index in [0.717, 1.165) is 24.8 Å². The molecule has 1 heteroatoms. The van der Waals surface area contributed by atoms with Gasteiger partial charge in [-0.15, -0.1) is 0 Å². The van der Waals surface area contributed by atoms with Crippen LogP contribution in [0.2, 0.25) is 0 Å². The van der Waals surface area contributed by atoms with Gasteiger partial charge in [0.25, 0.3) is 0 Å². The summed E-state index contributed by atoms with van der Waals surface area (Å²) in [6.07, 6.45) is 3.38. The van der Waals surface area contributed by atoms with Gasteiger partial charge in [-0.2, -0.15) is 0 Å². The van der Waals surface area contributed by atoms with E-state index in [0.29, 0.717) is 0 Å². The Bertz CT molecular complexity index is 287. The second-order valence-electron chi connectivity index (χ2n) is 3.61. The third kappa shape index (κ3) is 1.04. The molecule has 0 unspecified atom stereocenters. The van der Waals surface area contributed by atoms with Crippen LogP contribution in [0.25, 0.3) is 0 Å². The fourth-order valence-corrected chi connectivity index (χ4v) is 1.86. The molecule has 0 heterocycles. The summed E-state index contributed by atoms with van der Waals surface area (Å²) >= 11 is 0. The van der Waals surface area contributed by atoms with Crippen LogP contribution in [0.5, 0.6) is 0 Å². The van der Waals surface area contributed by atoms with Crippen molar-refractivity contribution in [3.63, 3.8) is 0 Å². The summed E-state index contributed by atoms with van der Waals surface area (Å²) in [7, 11) is 0. The lowest BCUT2D eigenvalue weighted by Crippen LogP contribution is -2.06. The molecule has 0 nitrogen and oxygen atoms in total. The Labute approximate surface area is 72.4 Å². The highest BCUT2D eigenvalue weighted by Crippen LogP contribution is 2.51. The van der Waals surface area contributed by atoms with Crippen LogP contribution in [0, 0.1) is 5.82 Å². The van der Waals surface area contributed by atoms with Crippen LogP contribution >= 0.6 is 0 Å². The topological polar surface area (TPSA) is 0 Å². The van der Waals surface area contributed by atoms with Gasteiger partial charge in [0, 0.05) is 0 Å². The van der Waals surface area contributed by atoms with E-state index in [2.05, 4.69) is 6.92 Å². The summed E-state index contributed by atoms with van der Waals surface area (Å²) < 4.78 is 13.3. The molecule has 64 valence electrons. The second kappa shape index (κ2) is 2.58. The summed E-state index contributed by atoms with van der Waals surface area (Å²) in [6, 6.07) is 7.16. The molecule has 1 aliphatic carbocycles. The minimum atomic E-state index is -0.0307. The Hall–Kier alpha value is -0.850. The smallest absolute Gasteiger partial charge is 0.126 e. The molecule has 12 heavy (non-hydrogen) atoms. The summed E-state index contributed by atoms with van der Waals surface area (Å²) in [5.41, 5.74) is 1.12. The number of benzene rings is 1. The van der Waals surface area contributed by atoms with E-state index in [9.17, 15) is 4.39 Å². The monoisotopic (exact) mass is 164 g/mol. The first-order valence-electron chi connectivity index (χ1n) is 4.53. The molecule has 0 atom stereocenters. The Morgan fingerprint density at radius 1 is 1.33 bits per heavy atom. The number of hydrogen-bond donors (Lipinski definition) is 0. The third-order valence-corrected chi connectivity index (χ3v) is 2.98. The van der Waals surface area contributed by atoms with Crippen molar-refractivity contribution in [1.82, 2.24) is 0 Å². The van der Waals surface area contributed by atoms with Gasteiger partial charge in [-0.3, -0.25) is 0 Å². The van der Waals surface area contributed by atoms with Crippen molar-refractivity contribution in [1.29, 1.82) is 0 Å². The number of hydrogen-bond acceptors (Lipinski definition) is 0. The summed E-state index contributed by atoms with van der Waals surface area (Å²) in [5.74, 6) is -0.0307. The maximum atomic E-state index is 13.3. The van der Waals surface area contributed by atoms with Crippen molar-refractivity contribution >= 4 is 0 Å². The molecular weight excluding hydrogens is 151 g/mol. The highest BCUT2D eigenvalue weighted by molar-refractivity contribution is 5.32. The molecule has 1 aromatic rings. The molecule has 0 amide bonds. The van der Waals surface area contributed by atoms with Gasteiger partial charge < -0.3 is 0 Å². The van der Waals surface area contributed by atoms with Crippen molar-refractivity contribution in [3.05, 3.63) is 35.6 Å². The Kier molecular flexibility index (Phi) is 1.67. The van der Waals surface area contributed by atoms with E-state index in [1.807, 2.05) is 12.1 Å². The summed E-state index contributed by atoms with van der Waals surface area (Å²) in [4.78, 5) is 0. The van der Waals surface area contributed by atoms with Crippen LogP contribution < -0.4 is 0 Å². The van der Waals surface area contributed by atoms with E-state index >= 15 is 0 Å². The van der Waals surface area contributed by atoms with Crippen molar-refractivity contribution < 1.29 is 4.39 Å². The molecule has 0 radical (unpaired) electrons. The Balaban J connectivity index is 2.40. The first-order chi connectivity index (χ1) is 5.78. The maximum Gasteiger partial charge on any atom is 0.126 e. The number of halogens is 1. The van der Waals surface area contributed by atoms with Crippen LogP contribution in [-0.4, -0.2) is 0 Å². The lowest BCUT2D eigenvalue weighted by Gasteiger charge is -2.12. The van der Waals surface area contributed by atoms with Gasteiger partial charge in [0.1, 0.15) is 5.82 Å². The number of rotatable bonds is 2. The van der Waals surface area contributed by atoms with Gasteiger partial charge in [0.15, 0.2) is 0 Å². The highest BCUT2D eigenvalue weighted by Gasteiger charge is 2.43. The van der Waals surface area contributed by atoms with Gasteiger partial charge in [-0.25, -0.2) is 4.39 Å². The van der Waals surface area contributed by atoms with E-state index in [-0.39, 0.29) is 11.2 Å². The predicted molar refractivity (Wildman–Crippen MR) is 47.6 cm³/mol. The molecule has 0 saturated heterocycles. The van der Waals surface area contributed by atoms with Crippen molar-refractivity contribution in [2.24, 2.45) is 0 Å². The minimum absolute atomic E-state index is 0.0307. The quantitative estimate of drug-likeness (QED) is 0.629. The van der Waals surface area contributed by atoms with Crippen molar-refractivity contribution in [2.45, 2.75) is 31.6 Å². The summed E-state index contributed by atoms with van der Waals surface area (Å²) in [5, 5.41) is 0. The van der Waals surface area contributed by atoms with E-state index in [4.69, 9.17) is 0 Å². The second-order valence-corrected chi connectivity index (χ2v) is 3.61. The fraction of sp³-hybridized carbons (Fsp3) is 0.455. The van der Waals surface area contributed by atoms with E-state index < -0.39 is 0 Å². The average Bonchev–Trinajstić information content (AvgIpc) is 2.86. The Morgan fingerprint density at radius 3 is 2.50 bits per heavy atom. The van der Waals surface area contributed by atoms with Crippen LogP contribution in [-0.2, 0) is 5.41 Å². The zero-order valence-electron chi connectivity index (χ0n) is 7.31. The summed E-state index contributed by atoms with van der Waals surface area (Å²) in [6.45, 7) is 2.14. The Morgan fingerprint density at radius 2 is 2.00 bits per heavy atom. The van der Waals surface area contributed by atoms with Crippen LogP contribution in [0.4, 0.5) is 4.39 Å². The normalized spacial score (nSPS) is 19.2. The van der Waals surface area contributed by atoms with Crippen molar-refractivity contribution in [3.8, 4) is 0 Å². The van der Waals surface area contributed by atoms with Gasteiger partial charge in [0.05, 0.1) is 0 Å². The molecule has 1 aliphatic rings. The van der Waals surface area contributed by atoms with Crippen LogP contribution in [0.15, 0.2) is 24.3 Å². The van der Waals surface area contributed by atoms with E-state index in [1.54, 1.807) is 12.1 Å². The first kappa shape index (κ1) is 7.78.